The summed E-state index contributed by atoms with van der Waals surface area (Å²) < 4.78 is 1.62. The van der Waals surface area contributed by atoms with Crippen molar-refractivity contribution in [3.05, 3.63) is 12.3 Å². The summed E-state index contributed by atoms with van der Waals surface area (Å²) in [6.45, 7) is 5.53. The first kappa shape index (κ1) is 12.6. The third kappa shape index (κ3) is 1.98. The number of carbonyl (C=O) groups is 2. The number of carbonyl (C=O) groups excluding carboxylic acids is 2. The summed E-state index contributed by atoms with van der Waals surface area (Å²) in [5, 5.41) is 6.96. The van der Waals surface area contributed by atoms with Crippen LogP contribution >= 0.6 is 0 Å². The molecule has 1 aliphatic heterocycles. The molecule has 1 aliphatic rings. The molecule has 0 aliphatic carbocycles. The van der Waals surface area contributed by atoms with Crippen molar-refractivity contribution >= 4 is 17.6 Å². The minimum atomic E-state index is -0.526. The number of piperazine rings is 1. The zero-order valence-corrected chi connectivity index (χ0v) is 11.0. The van der Waals surface area contributed by atoms with Gasteiger partial charge in [0.1, 0.15) is 12.1 Å². The van der Waals surface area contributed by atoms with Crippen molar-refractivity contribution in [3.63, 3.8) is 0 Å². The van der Waals surface area contributed by atoms with Crippen LogP contribution in [0.15, 0.2) is 12.3 Å². The standard InChI is InChI=1S/C12H18N4O2/c1-7(2)10-12(18)16(8(3)11(17)13-10)9-5-6-15(4)14-9/h5-8,10H,1-4H3,(H,13,17). The van der Waals surface area contributed by atoms with Gasteiger partial charge < -0.3 is 5.32 Å². The second-order valence-corrected chi connectivity index (χ2v) is 4.96. The Hall–Kier alpha value is -1.85. The molecule has 1 aromatic heterocycles. The molecule has 0 spiro atoms. The molecule has 2 amide bonds. The fourth-order valence-electron chi connectivity index (χ4n) is 2.09. The number of aryl methyl sites for hydroxylation is 1. The highest BCUT2D eigenvalue weighted by Gasteiger charge is 2.41. The lowest BCUT2D eigenvalue weighted by molar-refractivity contribution is -0.134. The molecule has 0 radical (unpaired) electrons. The highest BCUT2D eigenvalue weighted by atomic mass is 16.2. The van der Waals surface area contributed by atoms with Gasteiger partial charge in [-0.25, -0.2) is 0 Å². The zero-order valence-electron chi connectivity index (χ0n) is 11.0. The summed E-state index contributed by atoms with van der Waals surface area (Å²) in [6, 6.07) is 0.739. The van der Waals surface area contributed by atoms with Gasteiger partial charge in [0.25, 0.3) is 5.91 Å². The molecule has 1 saturated heterocycles. The van der Waals surface area contributed by atoms with E-state index >= 15 is 0 Å². The van der Waals surface area contributed by atoms with E-state index in [2.05, 4.69) is 10.4 Å². The van der Waals surface area contributed by atoms with Gasteiger partial charge in [0.05, 0.1) is 0 Å². The number of hydrogen-bond acceptors (Lipinski definition) is 3. The molecule has 2 heterocycles. The molecular weight excluding hydrogens is 232 g/mol. The van der Waals surface area contributed by atoms with E-state index in [1.54, 1.807) is 30.9 Å². The smallest absolute Gasteiger partial charge is 0.251 e. The normalized spacial score (nSPS) is 24.6. The van der Waals surface area contributed by atoms with E-state index in [0.717, 1.165) is 0 Å². The molecule has 6 heteroatoms. The van der Waals surface area contributed by atoms with Crippen molar-refractivity contribution in [2.24, 2.45) is 13.0 Å². The molecule has 98 valence electrons. The molecule has 6 nitrogen and oxygen atoms in total. The average molecular weight is 250 g/mol. The van der Waals surface area contributed by atoms with Crippen molar-refractivity contribution < 1.29 is 9.59 Å². The minimum Gasteiger partial charge on any atom is -0.342 e. The van der Waals surface area contributed by atoms with Crippen molar-refractivity contribution in [2.45, 2.75) is 32.9 Å². The Kier molecular flexibility index (Phi) is 3.11. The molecule has 2 unspecified atom stereocenters. The van der Waals surface area contributed by atoms with Crippen molar-refractivity contribution in [1.29, 1.82) is 0 Å². The third-order valence-corrected chi connectivity index (χ3v) is 3.18. The number of hydrogen-bond donors (Lipinski definition) is 1. The first-order chi connectivity index (χ1) is 8.41. The van der Waals surface area contributed by atoms with Gasteiger partial charge in [-0.05, 0) is 12.8 Å². The van der Waals surface area contributed by atoms with Crippen molar-refractivity contribution in [2.75, 3.05) is 4.90 Å². The second-order valence-electron chi connectivity index (χ2n) is 4.96. The summed E-state index contributed by atoms with van der Waals surface area (Å²) in [6.07, 6.45) is 1.76. The number of amides is 2. The van der Waals surface area contributed by atoms with E-state index in [4.69, 9.17) is 0 Å². The number of rotatable bonds is 2. The monoisotopic (exact) mass is 250 g/mol. The van der Waals surface area contributed by atoms with Crippen LogP contribution in [0.4, 0.5) is 5.82 Å². The van der Waals surface area contributed by atoms with Crippen LogP contribution in [0.1, 0.15) is 20.8 Å². The Morgan fingerprint density at radius 1 is 1.39 bits per heavy atom. The largest absolute Gasteiger partial charge is 0.342 e. The summed E-state index contributed by atoms with van der Waals surface area (Å²) >= 11 is 0. The van der Waals surface area contributed by atoms with Crippen LogP contribution in [0.25, 0.3) is 0 Å². The van der Waals surface area contributed by atoms with Gasteiger partial charge in [-0.1, -0.05) is 13.8 Å². The SMILES string of the molecule is CC(C)C1NC(=O)C(C)N(c2ccn(C)n2)C1=O. The maximum Gasteiger partial charge on any atom is 0.251 e. The van der Waals surface area contributed by atoms with Crippen molar-refractivity contribution in [3.8, 4) is 0 Å². The Labute approximate surface area is 106 Å². The number of anilines is 1. The summed E-state index contributed by atoms with van der Waals surface area (Å²) in [4.78, 5) is 25.8. The van der Waals surface area contributed by atoms with Gasteiger partial charge in [-0.2, -0.15) is 5.10 Å². The first-order valence-corrected chi connectivity index (χ1v) is 6.05. The van der Waals surface area contributed by atoms with Gasteiger partial charge in [0, 0.05) is 19.3 Å². The van der Waals surface area contributed by atoms with Crippen LogP contribution in [-0.4, -0.2) is 33.7 Å². The van der Waals surface area contributed by atoms with Crippen LogP contribution in [0.3, 0.4) is 0 Å². The van der Waals surface area contributed by atoms with Crippen molar-refractivity contribution in [1.82, 2.24) is 15.1 Å². The highest BCUT2D eigenvalue weighted by Crippen LogP contribution is 2.21. The topological polar surface area (TPSA) is 67.2 Å². The first-order valence-electron chi connectivity index (χ1n) is 6.05. The van der Waals surface area contributed by atoms with Gasteiger partial charge in [-0.15, -0.1) is 0 Å². The van der Waals surface area contributed by atoms with E-state index < -0.39 is 12.1 Å². The maximum absolute atomic E-state index is 12.4. The van der Waals surface area contributed by atoms with E-state index in [-0.39, 0.29) is 17.7 Å². The Bertz CT molecular complexity index is 480. The lowest BCUT2D eigenvalue weighted by atomic mass is 9.98. The highest BCUT2D eigenvalue weighted by molar-refractivity contribution is 6.07. The maximum atomic E-state index is 12.4. The van der Waals surface area contributed by atoms with Gasteiger partial charge in [-0.3, -0.25) is 19.2 Å². The molecule has 1 fully saturated rings. The molecular formula is C12H18N4O2. The molecule has 2 rings (SSSR count). The Morgan fingerprint density at radius 3 is 2.56 bits per heavy atom. The number of aromatic nitrogens is 2. The van der Waals surface area contributed by atoms with Gasteiger partial charge in [0.15, 0.2) is 5.82 Å². The number of nitrogens with one attached hydrogen (secondary N) is 1. The fraction of sp³-hybridized carbons (Fsp3) is 0.583. The third-order valence-electron chi connectivity index (χ3n) is 3.18. The van der Waals surface area contributed by atoms with Crippen LogP contribution in [0.5, 0.6) is 0 Å². The van der Waals surface area contributed by atoms with E-state index in [1.165, 1.54) is 4.90 Å². The lowest BCUT2D eigenvalue weighted by Crippen LogP contribution is -2.64. The molecule has 0 aromatic carbocycles. The minimum absolute atomic E-state index is 0.0557. The molecule has 2 atom stereocenters. The predicted molar refractivity (Wildman–Crippen MR) is 66.9 cm³/mol. The second kappa shape index (κ2) is 4.44. The number of nitrogens with zero attached hydrogens (tertiary/aromatic N) is 3. The zero-order chi connectivity index (χ0) is 13.4. The molecule has 18 heavy (non-hydrogen) atoms. The molecule has 1 N–H and O–H groups in total. The van der Waals surface area contributed by atoms with Crippen LogP contribution in [0.2, 0.25) is 0 Å². The summed E-state index contributed by atoms with van der Waals surface area (Å²) in [5.74, 6) is 0.338. The van der Waals surface area contributed by atoms with E-state index in [1.807, 2.05) is 13.8 Å². The van der Waals surface area contributed by atoms with Gasteiger partial charge >= 0.3 is 0 Å². The Balaban J connectivity index is 2.36. The molecule has 1 aromatic rings. The van der Waals surface area contributed by atoms with Crippen LogP contribution in [-0.2, 0) is 16.6 Å². The van der Waals surface area contributed by atoms with E-state index in [0.29, 0.717) is 5.82 Å². The van der Waals surface area contributed by atoms with Crippen LogP contribution in [0, 0.1) is 5.92 Å². The van der Waals surface area contributed by atoms with Gasteiger partial charge in [0.2, 0.25) is 5.91 Å². The van der Waals surface area contributed by atoms with Crippen LogP contribution < -0.4 is 10.2 Å². The molecule has 0 saturated carbocycles. The summed E-state index contributed by atoms with van der Waals surface area (Å²) in [7, 11) is 1.78. The lowest BCUT2D eigenvalue weighted by Gasteiger charge is -2.37. The predicted octanol–water partition coefficient (Wildman–Crippen LogP) is 0.296. The molecule has 0 bridgehead atoms. The fourth-order valence-corrected chi connectivity index (χ4v) is 2.09. The Morgan fingerprint density at radius 2 is 2.06 bits per heavy atom. The van der Waals surface area contributed by atoms with E-state index in [9.17, 15) is 9.59 Å². The quantitative estimate of drug-likeness (QED) is 0.820. The average Bonchev–Trinajstić information content (AvgIpc) is 2.70. The summed E-state index contributed by atoms with van der Waals surface area (Å²) in [5.41, 5.74) is 0.